The van der Waals surface area contributed by atoms with Crippen LogP contribution >= 0.6 is 23.5 Å². The van der Waals surface area contributed by atoms with Gasteiger partial charge in [0.2, 0.25) is 0 Å². The zero-order valence-electron chi connectivity index (χ0n) is 28.5. The fourth-order valence-corrected chi connectivity index (χ4v) is 10.2. The second-order valence-electron chi connectivity index (χ2n) is 14.0. The van der Waals surface area contributed by atoms with Crippen LogP contribution in [-0.4, -0.2) is 4.98 Å². The standard InChI is InChI=1S/C46H35N3S2/c1-46(2)36-27-30(19-21-31-22-23-33(29-47-31)49-40-13-5-9-17-44(40)51-45-18-10-6-14-41(45)49)20-25-34(36)35-26-24-32(28-37(35)46)48-38-11-3-7-15-42(38)50-43-16-8-4-12-39(43)48/h3,5-11,13-29H,4,12H2,1-2H3/b21-19+. The number of aromatic nitrogens is 1. The summed E-state index contributed by atoms with van der Waals surface area (Å²) in [4.78, 5) is 14.9. The molecule has 51 heavy (non-hydrogen) atoms. The highest BCUT2D eigenvalue weighted by Gasteiger charge is 2.37. The second kappa shape index (κ2) is 11.9. The molecule has 0 unspecified atom stereocenters. The number of nitrogens with zero attached hydrogens (tertiary/aromatic N) is 3. The third-order valence-electron chi connectivity index (χ3n) is 10.5. The largest absolute Gasteiger partial charge is 0.312 e. The van der Waals surface area contributed by atoms with E-state index >= 15 is 0 Å². The molecule has 5 aromatic carbocycles. The van der Waals surface area contributed by atoms with Crippen molar-refractivity contribution in [2.45, 2.75) is 46.8 Å². The molecule has 0 spiro atoms. The Bertz CT molecular complexity index is 2430. The van der Waals surface area contributed by atoms with E-state index in [4.69, 9.17) is 4.98 Å². The van der Waals surface area contributed by atoms with Gasteiger partial charge in [-0.3, -0.25) is 4.98 Å². The van der Waals surface area contributed by atoms with Crippen molar-refractivity contribution >= 4 is 64.1 Å². The van der Waals surface area contributed by atoms with Crippen molar-refractivity contribution in [3.05, 3.63) is 173 Å². The lowest BCUT2D eigenvalue weighted by Crippen LogP contribution is -2.23. The zero-order chi connectivity index (χ0) is 34.1. The van der Waals surface area contributed by atoms with Crippen LogP contribution in [0.5, 0.6) is 0 Å². The van der Waals surface area contributed by atoms with Crippen molar-refractivity contribution in [1.29, 1.82) is 0 Å². The quantitative estimate of drug-likeness (QED) is 0.182. The number of hydrogen-bond donors (Lipinski definition) is 0. The number of hydrogen-bond acceptors (Lipinski definition) is 5. The Balaban J connectivity index is 0.943. The normalized spacial score (nSPS) is 16.4. The van der Waals surface area contributed by atoms with Crippen LogP contribution in [0.2, 0.25) is 0 Å². The number of rotatable bonds is 4. The van der Waals surface area contributed by atoms with Crippen molar-refractivity contribution in [2.24, 2.45) is 0 Å². The van der Waals surface area contributed by atoms with Crippen LogP contribution in [0.25, 0.3) is 23.3 Å². The first-order valence-electron chi connectivity index (χ1n) is 17.6. The van der Waals surface area contributed by atoms with Crippen LogP contribution in [0, 0.1) is 0 Å². The molecule has 2 aliphatic heterocycles. The highest BCUT2D eigenvalue weighted by molar-refractivity contribution is 8.03. The van der Waals surface area contributed by atoms with Crippen LogP contribution in [0.1, 0.15) is 49.1 Å². The molecule has 4 aliphatic rings. The lowest BCUT2D eigenvalue weighted by molar-refractivity contribution is 0.660. The fourth-order valence-electron chi connectivity index (χ4n) is 8.01. The van der Waals surface area contributed by atoms with Crippen LogP contribution < -0.4 is 9.80 Å². The first kappa shape index (κ1) is 30.6. The number of allylic oxidation sites excluding steroid dienone is 3. The molecule has 3 nitrogen and oxygen atoms in total. The Hall–Kier alpha value is -5.23. The van der Waals surface area contributed by atoms with E-state index < -0.39 is 0 Å². The Morgan fingerprint density at radius 1 is 0.627 bits per heavy atom. The Morgan fingerprint density at radius 3 is 1.96 bits per heavy atom. The molecule has 246 valence electrons. The van der Waals surface area contributed by atoms with E-state index in [-0.39, 0.29) is 5.41 Å². The maximum Gasteiger partial charge on any atom is 0.0646 e. The lowest BCUT2D eigenvalue weighted by atomic mass is 9.81. The number of benzene rings is 5. The summed E-state index contributed by atoms with van der Waals surface area (Å²) in [6.45, 7) is 4.75. The summed E-state index contributed by atoms with van der Waals surface area (Å²) in [7, 11) is 0. The Labute approximate surface area is 308 Å². The summed E-state index contributed by atoms with van der Waals surface area (Å²) in [5.41, 5.74) is 14.8. The molecule has 0 amide bonds. The summed E-state index contributed by atoms with van der Waals surface area (Å²) in [5, 5.41) is 0. The third kappa shape index (κ3) is 5.02. The molecule has 0 atom stereocenters. The van der Waals surface area contributed by atoms with Gasteiger partial charge in [0, 0.05) is 36.4 Å². The van der Waals surface area contributed by atoms with Gasteiger partial charge < -0.3 is 9.80 Å². The average molecular weight is 694 g/mol. The number of fused-ring (bicyclic) bond motifs is 6. The van der Waals surface area contributed by atoms with E-state index in [1.807, 2.05) is 29.7 Å². The van der Waals surface area contributed by atoms with Gasteiger partial charge in [-0.2, -0.15) is 0 Å². The smallest absolute Gasteiger partial charge is 0.0646 e. The van der Waals surface area contributed by atoms with Crippen molar-refractivity contribution in [1.82, 2.24) is 4.98 Å². The molecule has 0 N–H and O–H groups in total. The van der Waals surface area contributed by atoms with Gasteiger partial charge in [0.1, 0.15) is 0 Å². The van der Waals surface area contributed by atoms with Crippen LogP contribution in [-0.2, 0) is 5.41 Å². The molecule has 3 heterocycles. The maximum atomic E-state index is 4.90. The molecule has 10 rings (SSSR count). The monoisotopic (exact) mass is 693 g/mol. The maximum absolute atomic E-state index is 4.90. The van der Waals surface area contributed by atoms with Gasteiger partial charge in [-0.1, -0.05) is 116 Å². The van der Waals surface area contributed by atoms with Crippen molar-refractivity contribution in [3.8, 4) is 11.1 Å². The predicted molar refractivity (Wildman–Crippen MR) is 216 cm³/mol. The minimum Gasteiger partial charge on any atom is -0.312 e. The summed E-state index contributed by atoms with van der Waals surface area (Å²) in [6.07, 6.45) is 13.1. The SMILES string of the molecule is CC1(C)c2cc(/C=C/c3ccc(N4c5ccccc5Sc5ccccc54)cn3)ccc2-c2ccc(N3C4=C(C=CCC4)Sc4ccccc43)cc21. The highest BCUT2D eigenvalue weighted by Crippen LogP contribution is 2.54. The Kier molecular flexibility index (Phi) is 7.16. The minimum absolute atomic E-state index is 0.128. The molecule has 6 aromatic rings. The van der Waals surface area contributed by atoms with E-state index in [1.165, 1.54) is 75.9 Å². The number of para-hydroxylation sites is 3. The van der Waals surface area contributed by atoms with E-state index in [9.17, 15) is 0 Å². The molecule has 0 fully saturated rings. The van der Waals surface area contributed by atoms with Crippen LogP contribution in [0.15, 0.2) is 165 Å². The van der Waals surface area contributed by atoms with E-state index in [0.29, 0.717) is 0 Å². The molecule has 0 bridgehead atoms. The molecular weight excluding hydrogens is 659 g/mol. The van der Waals surface area contributed by atoms with Crippen LogP contribution in [0.4, 0.5) is 28.4 Å². The first-order valence-corrected chi connectivity index (χ1v) is 19.2. The molecule has 0 saturated heterocycles. The van der Waals surface area contributed by atoms with Crippen molar-refractivity contribution in [2.75, 3.05) is 9.80 Å². The fraction of sp³-hybridized carbons (Fsp3) is 0.109. The highest BCUT2D eigenvalue weighted by atomic mass is 32.2. The molecule has 1 aromatic heterocycles. The Morgan fingerprint density at radius 2 is 1.25 bits per heavy atom. The predicted octanol–water partition coefficient (Wildman–Crippen LogP) is 13.3. The lowest BCUT2D eigenvalue weighted by Gasteiger charge is -2.36. The van der Waals surface area contributed by atoms with Gasteiger partial charge in [0.25, 0.3) is 0 Å². The average Bonchev–Trinajstić information content (AvgIpc) is 3.40. The van der Waals surface area contributed by atoms with E-state index in [1.54, 1.807) is 0 Å². The van der Waals surface area contributed by atoms with Gasteiger partial charge in [-0.05, 0) is 107 Å². The number of thioether (sulfide) groups is 1. The third-order valence-corrected chi connectivity index (χ3v) is 12.8. The van der Waals surface area contributed by atoms with Gasteiger partial charge in [-0.15, -0.1) is 0 Å². The molecule has 2 aliphatic carbocycles. The zero-order valence-corrected chi connectivity index (χ0v) is 30.1. The summed E-state index contributed by atoms with van der Waals surface area (Å²) >= 11 is 3.72. The van der Waals surface area contributed by atoms with Gasteiger partial charge in [0.15, 0.2) is 0 Å². The number of anilines is 5. The van der Waals surface area contributed by atoms with Crippen molar-refractivity contribution < 1.29 is 0 Å². The summed E-state index contributed by atoms with van der Waals surface area (Å²) in [5.74, 6) is 0. The van der Waals surface area contributed by atoms with E-state index in [2.05, 4.69) is 169 Å². The summed E-state index contributed by atoms with van der Waals surface area (Å²) < 4.78 is 0. The van der Waals surface area contributed by atoms with Gasteiger partial charge >= 0.3 is 0 Å². The molecular formula is C46H35N3S2. The number of pyridine rings is 1. The van der Waals surface area contributed by atoms with E-state index in [0.717, 1.165) is 24.2 Å². The summed E-state index contributed by atoms with van der Waals surface area (Å²) in [6, 6.07) is 44.3. The minimum atomic E-state index is -0.128. The topological polar surface area (TPSA) is 19.4 Å². The second-order valence-corrected chi connectivity index (χ2v) is 16.1. The van der Waals surface area contributed by atoms with Gasteiger partial charge in [-0.25, -0.2) is 0 Å². The van der Waals surface area contributed by atoms with Crippen LogP contribution in [0.3, 0.4) is 0 Å². The molecule has 0 saturated carbocycles. The first-order chi connectivity index (χ1) is 25.0. The molecule has 5 heteroatoms. The molecule has 0 radical (unpaired) electrons. The van der Waals surface area contributed by atoms with Gasteiger partial charge in [0.05, 0.1) is 34.6 Å². The van der Waals surface area contributed by atoms with Crippen molar-refractivity contribution in [3.63, 3.8) is 0 Å².